The lowest BCUT2D eigenvalue weighted by Crippen LogP contribution is -2.49. The van der Waals surface area contributed by atoms with Crippen molar-refractivity contribution in [3.8, 4) is 0 Å². The SMILES string of the molecule is Cc1ccc(CN2CCNC[C@H]2C)nc1. The molecule has 0 spiro atoms. The molecule has 15 heavy (non-hydrogen) atoms. The van der Waals surface area contributed by atoms with E-state index in [0.717, 1.165) is 26.2 Å². The summed E-state index contributed by atoms with van der Waals surface area (Å²) in [5.74, 6) is 0. The van der Waals surface area contributed by atoms with Gasteiger partial charge in [-0.25, -0.2) is 0 Å². The van der Waals surface area contributed by atoms with Crippen molar-refractivity contribution in [2.45, 2.75) is 26.4 Å². The third-order valence-electron chi connectivity index (χ3n) is 2.98. The predicted octanol–water partition coefficient (Wildman–Crippen LogP) is 1.18. The number of pyridine rings is 1. The average molecular weight is 205 g/mol. The first-order chi connectivity index (χ1) is 7.25. The van der Waals surface area contributed by atoms with Gasteiger partial charge >= 0.3 is 0 Å². The highest BCUT2D eigenvalue weighted by Crippen LogP contribution is 2.08. The first-order valence-electron chi connectivity index (χ1n) is 5.62. The molecular weight excluding hydrogens is 186 g/mol. The van der Waals surface area contributed by atoms with E-state index in [4.69, 9.17) is 0 Å². The Morgan fingerprint density at radius 1 is 1.53 bits per heavy atom. The highest BCUT2D eigenvalue weighted by molar-refractivity contribution is 5.12. The Balaban J connectivity index is 1.98. The van der Waals surface area contributed by atoms with Gasteiger partial charge < -0.3 is 5.32 Å². The van der Waals surface area contributed by atoms with E-state index in [0.29, 0.717) is 6.04 Å². The topological polar surface area (TPSA) is 28.2 Å². The molecule has 0 amide bonds. The van der Waals surface area contributed by atoms with E-state index in [-0.39, 0.29) is 0 Å². The van der Waals surface area contributed by atoms with Crippen LogP contribution < -0.4 is 5.32 Å². The second kappa shape index (κ2) is 4.73. The molecule has 2 heterocycles. The second-order valence-electron chi connectivity index (χ2n) is 4.35. The minimum Gasteiger partial charge on any atom is -0.314 e. The van der Waals surface area contributed by atoms with Crippen molar-refractivity contribution in [2.24, 2.45) is 0 Å². The largest absolute Gasteiger partial charge is 0.314 e. The summed E-state index contributed by atoms with van der Waals surface area (Å²) in [4.78, 5) is 6.93. The van der Waals surface area contributed by atoms with Crippen LogP contribution in [0.3, 0.4) is 0 Å². The van der Waals surface area contributed by atoms with Gasteiger partial charge in [0.1, 0.15) is 0 Å². The van der Waals surface area contributed by atoms with Gasteiger partial charge in [-0.1, -0.05) is 6.07 Å². The predicted molar refractivity (Wildman–Crippen MR) is 61.7 cm³/mol. The first-order valence-corrected chi connectivity index (χ1v) is 5.62. The van der Waals surface area contributed by atoms with Gasteiger partial charge in [0, 0.05) is 38.4 Å². The summed E-state index contributed by atoms with van der Waals surface area (Å²) < 4.78 is 0. The molecule has 1 aliphatic rings. The molecule has 1 saturated heterocycles. The zero-order chi connectivity index (χ0) is 10.7. The van der Waals surface area contributed by atoms with E-state index >= 15 is 0 Å². The molecule has 0 aromatic carbocycles. The van der Waals surface area contributed by atoms with Crippen molar-refractivity contribution >= 4 is 0 Å². The molecule has 1 fully saturated rings. The summed E-state index contributed by atoms with van der Waals surface area (Å²) in [6.07, 6.45) is 1.95. The van der Waals surface area contributed by atoms with E-state index in [1.54, 1.807) is 0 Å². The summed E-state index contributed by atoms with van der Waals surface area (Å²) >= 11 is 0. The molecule has 0 aliphatic carbocycles. The summed E-state index contributed by atoms with van der Waals surface area (Å²) in [6.45, 7) is 8.62. The number of hydrogen-bond acceptors (Lipinski definition) is 3. The van der Waals surface area contributed by atoms with Gasteiger partial charge in [-0.05, 0) is 25.5 Å². The third kappa shape index (κ3) is 2.76. The van der Waals surface area contributed by atoms with Gasteiger partial charge in [0.2, 0.25) is 0 Å². The van der Waals surface area contributed by atoms with Crippen LogP contribution in [-0.4, -0.2) is 35.6 Å². The zero-order valence-corrected chi connectivity index (χ0v) is 9.53. The van der Waals surface area contributed by atoms with Gasteiger partial charge in [0.05, 0.1) is 5.69 Å². The molecule has 3 heteroatoms. The molecule has 0 saturated carbocycles. The van der Waals surface area contributed by atoms with E-state index in [9.17, 15) is 0 Å². The number of aromatic nitrogens is 1. The molecule has 2 rings (SSSR count). The fourth-order valence-electron chi connectivity index (χ4n) is 1.92. The number of nitrogens with one attached hydrogen (secondary N) is 1. The van der Waals surface area contributed by atoms with Crippen LogP contribution in [0.15, 0.2) is 18.3 Å². The average Bonchev–Trinajstić information content (AvgIpc) is 2.25. The molecule has 1 aromatic heterocycles. The van der Waals surface area contributed by atoms with Gasteiger partial charge in [-0.15, -0.1) is 0 Å². The number of hydrogen-bond donors (Lipinski definition) is 1. The van der Waals surface area contributed by atoms with Crippen molar-refractivity contribution in [3.63, 3.8) is 0 Å². The maximum Gasteiger partial charge on any atom is 0.0544 e. The van der Waals surface area contributed by atoms with E-state index in [1.165, 1.54) is 11.3 Å². The second-order valence-corrected chi connectivity index (χ2v) is 4.35. The Labute approximate surface area is 91.5 Å². The lowest BCUT2D eigenvalue weighted by atomic mass is 10.2. The third-order valence-corrected chi connectivity index (χ3v) is 2.98. The Kier molecular flexibility index (Phi) is 3.34. The molecule has 1 atom stereocenters. The minimum absolute atomic E-state index is 0.613. The molecule has 0 unspecified atom stereocenters. The first kappa shape index (κ1) is 10.6. The van der Waals surface area contributed by atoms with Crippen LogP contribution in [0.2, 0.25) is 0 Å². The Morgan fingerprint density at radius 3 is 3.07 bits per heavy atom. The highest BCUT2D eigenvalue weighted by Gasteiger charge is 2.17. The van der Waals surface area contributed by atoms with Gasteiger partial charge in [0.15, 0.2) is 0 Å². The summed E-state index contributed by atoms with van der Waals surface area (Å²) in [5.41, 5.74) is 2.40. The fraction of sp³-hybridized carbons (Fsp3) is 0.583. The molecule has 3 nitrogen and oxygen atoms in total. The molecular formula is C12H19N3. The smallest absolute Gasteiger partial charge is 0.0544 e. The van der Waals surface area contributed by atoms with Gasteiger partial charge in [0.25, 0.3) is 0 Å². The van der Waals surface area contributed by atoms with Crippen molar-refractivity contribution in [3.05, 3.63) is 29.6 Å². The van der Waals surface area contributed by atoms with Crippen LogP contribution in [0.4, 0.5) is 0 Å². The lowest BCUT2D eigenvalue weighted by Gasteiger charge is -2.33. The number of aryl methyl sites for hydroxylation is 1. The van der Waals surface area contributed by atoms with E-state index < -0.39 is 0 Å². The maximum absolute atomic E-state index is 4.44. The normalized spacial score (nSPS) is 22.9. The van der Waals surface area contributed by atoms with Gasteiger partial charge in [-0.3, -0.25) is 9.88 Å². The fourth-order valence-corrected chi connectivity index (χ4v) is 1.92. The Hall–Kier alpha value is -0.930. The minimum atomic E-state index is 0.613. The van der Waals surface area contributed by atoms with Crippen molar-refractivity contribution in [1.82, 2.24) is 15.2 Å². The van der Waals surface area contributed by atoms with Crippen LogP contribution in [0.5, 0.6) is 0 Å². The van der Waals surface area contributed by atoms with Crippen LogP contribution in [0, 0.1) is 6.92 Å². The molecule has 0 bridgehead atoms. The lowest BCUT2D eigenvalue weighted by molar-refractivity contribution is 0.164. The van der Waals surface area contributed by atoms with Gasteiger partial charge in [-0.2, -0.15) is 0 Å². The van der Waals surface area contributed by atoms with Crippen LogP contribution in [0.1, 0.15) is 18.2 Å². The number of piperazine rings is 1. The maximum atomic E-state index is 4.44. The standard InChI is InChI=1S/C12H19N3/c1-10-3-4-12(14-7-10)9-15-6-5-13-8-11(15)2/h3-4,7,11,13H,5-6,8-9H2,1-2H3/t11-/m1/s1. The Bertz CT molecular complexity index is 307. The summed E-state index contributed by atoms with van der Waals surface area (Å²) in [5, 5.41) is 3.40. The van der Waals surface area contributed by atoms with Crippen LogP contribution in [-0.2, 0) is 6.54 Å². The van der Waals surface area contributed by atoms with E-state index in [1.807, 2.05) is 6.20 Å². The van der Waals surface area contributed by atoms with E-state index in [2.05, 4.69) is 41.2 Å². The number of rotatable bonds is 2. The monoisotopic (exact) mass is 205 g/mol. The van der Waals surface area contributed by atoms with Crippen molar-refractivity contribution in [2.75, 3.05) is 19.6 Å². The number of nitrogens with zero attached hydrogens (tertiary/aromatic N) is 2. The molecule has 1 aromatic rings. The molecule has 82 valence electrons. The highest BCUT2D eigenvalue weighted by atomic mass is 15.2. The van der Waals surface area contributed by atoms with Crippen LogP contribution in [0.25, 0.3) is 0 Å². The Morgan fingerprint density at radius 2 is 2.40 bits per heavy atom. The molecule has 0 radical (unpaired) electrons. The molecule has 1 N–H and O–H groups in total. The summed E-state index contributed by atoms with van der Waals surface area (Å²) in [6, 6.07) is 4.88. The zero-order valence-electron chi connectivity index (χ0n) is 9.53. The molecule has 1 aliphatic heterocycles. The van der Waals surface area contributed by atoms with Crippen molar-refractivity contribution < 1.29 is 0 Å². The van der Waals surface area contributed by atoms with Crippen molar-refractivity contribution in [1.29, 1.82) is 0 Å². The van der Waals surface area contributed by atoms with Crippen LogP contribution >= 0.6 is 0 Å². The quantitative estimate of drug-likeness (QED) is 0.786. The summed E-state index contributed by atoms with van der Waals surface area (Å²) in [7, 11) is 0.